The van der Waals surface area contributed by atoms with Crippen molar-refractivity contribution in [2.45, 2.75) is 45.1 Å². The molecular weight excluding hydrogens is 286 g/mol. The number of nitrogens with one attached hydrogen (secondary N) is 2. The van der Waals surface area contributed by atoms with Gasteiger partial charge in [-0.05, 0) is 38.3 Å². The molecule has 0 aliphatic carbocycles. The van der Waals surface area contributed by atoms with E-state index in [-0.39, 0.29) is 10.9 Å². The number of nitrogens with zero attached hydrogens (tertiary/aromatic N) is 1. The highest BCUT2D eigenvalue weighted by Crippen LogP contribution is 2.21. The van der Waals surface area contributed by atoms with Gasteiger partial charge in [0.25, 0.3) is 0 Å². The van der Waals surface area contributed by atoms with Crippen LogP contribution in [0, 0.1) is 13.8 Å². The molecule has 0 fully saturated rings. The maximum Gasteiger partial charge on any atom is 0.244 e. The summed E-state index contributed by atoms with van der Waals surface area (Å²) in [5, 5.41) is 6.64. The molecule has 0 saturated carbocycles. The van der Waals surface area contributed by atoms with E-state index in [1.807, 2.05) is 31.2 Å². The lowest BCUT2D eigenvalue weighted by Crippen LogP contribution is -2.27. The quantitative estimate of drug-likeness (QED) is 0.891. The van der Waals surface area contributed by atoms with Crippen LogP contribution in [0.1, 0.15) is 42.4 Å². The number of aryl methyl sites for hydroxylation is 3. The van der Waals surface area contributed by atoms with Crippen LogP contribution in [-0.4, -0.2) is 18.6 Å². The minimum absolute atomic E-state index is 0.236. The monoisotopic (exact) mass is 307 g/mol. The highest BCUT2D eigenvalue weighted by molar-refractivity contribution is 7.89. The van der Waals surface area contributed by atoms with Crippen molar-refractivity contribution in [1.29, 1.82) is 0 Å². The van der Waals surface area contributed by atoms with Crippen molar-refractivity contribution < 1.29 is 8.42 Å². The van der Waals surface area contributed by atoms with Crippen LogP contribution in [0.4, 0.5) is 0 Å². The Labute approximate surface area is 125 Å². The Balaban J connectivity index is 2.23. The number of aromatic amines is 1. The number of aromatic nitrogens is 2. The molecular formula is C15H21N3O2S. The molecule has 2 aromatic rings. The van der Waals surface area contributed by atoms with Crippen LogP contribution in [-0.2, 0) is 16.4 Å². The average molecular weight is 307 g/mol. The molecule has 1 unspecified atom stereocenters. The molecule has 2 N–H and O–H groups in total. The van der Waals surface area contributed by atoms with Crippen LogP contribution in [0.5, 0.6) is 0 Å². The molecule has 0 radical (unpaired) electrons. The fourth-order valence-electron chi connectivity index (χ4n) is 2.34. The van der Waals surface area contributed by atoms with Crippen molar-refractivity contribution in [1.82, 2.24) is 14.9 Å². The number of sulfonamides is 1. The lowest BCUT2D eigenvalue weighted by Gasteiger charge is -2.15. The predicted molar refractivity (Wildman–Crippen MR) is 82.6 cm³/mol. The Bertz CT molecular complexity index is 698. The summed E-state index contributed by atoms with van der Waals surface area (Å²) >= 11 is 0. The molecule has 0 saturated heterocycles. The first-order valence-corrected chi connectivity index (χ1v) is 8.46. The van der Waals surface area contributed by atoms with Crippen LogP contribution in [0.25, 0.3) is 0 Å². The number of benzene rings is 1. The van der Waals surface area contributed by atoms with Gasteiger partial charge in [0.05, 0.1) is 11.4 Å². The van der Waals surface area contributed by atoms with E-state index in [0.717, 1.165) is 12.0 Å². The Morgan fingerprint density at radius 2 is 1.86 bits per heavy atom. The SMILES string of the molecule is CCc1ccc(C(C)NS(=O)(=O)c2c(C)n[nH]c2C)cc1. The molecule has 1 aromatic heterocycles. The molecule has 114 valence electrons. The van der Waals surface area contributed by atoms with E-state index in [1.165, 1.54) is 5.56 Å². The number of hydrogen-bond acceptors (Lipinski definition) is 3. The average Bonchev–Trinajstić information content (AvgIpc) is 2.78. The van der Waals surface area contributed by atoms with Gasteiger partial charge in [-0.3, -0.25) is 5.10 Å². The van der Waals surface area contributed by atoms with Crippen molar-refractivity contribution in [3.8, 4) is 0 Å². The molecule has 0 bridgehead atoms. The summed E-state index contributed by atoms with van der Waals surface area (Å²) in [6.45, 7) is 7.31. The number of hydrogen-bond donors (Lipinski definition) is 2. The summed E-state index contributed by atoms with van der Waals surface area (Å²) in [5.41, 5.74) is 3.20. The van der Waals surface area contributed by atoms with E-state index in [2.05, 4.69) is 21.8 Å². The molecule has 6 heteroatoms. The van der Waals surface area contributed by atoms with Gasteiger partial charge in [0.2, 0.25) is 10.0 Å². The van der Waals surface area contributed by atoms with Gasteiger partial charge in [0.15, 0.2) is 0 Å². The van der Waals surface area contributed by atoms with Crippen molar-refractivity contribution in [2.24, 2.45) is 0 Å². The maximum absolute atomic E-state index is 12.5. The largest absolute Gasteiger partial charge is 0.281 e. The fourth-order valence-corrected chi connectivity index (χ4v) is 3.94. The zero-order chi connectivity index (χ0) is 15.6. The fraction of sp³-hybridized carbons (Fsp3) is 0.400. The van der Waals surface area contributed by atoms with Gasteiger partial charge in [-0.25, -0.2) is 13.1 Å². The van der Waals surface area contributed by atoms with Gasteiger partial charge < -0.3 is 0 Å². The minimum Gasteiger partial charge on any atom is -0.281 e. The third-order valence-corrected chi connectivity index (χ3v) is 5.35. The Kier molecular flexibility index (Phi) is 4.49. The van der Waals surface area contributed by atoms with E-state index in [4.69, 9.17) is 0 Å². The molecule has 1 heterocycles. The number of rotatable bonds is 5. The highest BCUT2D eigenvalue weighted by atomic mass is 32.2. The summed E-state index contributed by atoms with van der Waals surface area (Å²) in [7, 11) is -3.59. The molecule has 0 spiro atoms. The minimum atomic E-state index is -3.59. The molecule has 0 aliphatic rings. The zero-order valence-corrected chi connectivity index (χ0v) is 13.6. The molecule has 1 atom stereocenters. The molecule has 2 rings (SSSR count). The van der Waals surface area contributed by atoms with E-state index < -0.39 is 10.0 Å². The van der Waals surface area contributed by atoms with Crippen molar-refractivity contribution in [3.63, 3.8) is 0 Å². The Hall–Kier alpha value is -1.66. The second-order valence-electron chi connectivity index (χ2n) is 5.20. The van der Waals surface area contributed by atoms with Gasteiger partial charge in [0.1, 0.15) is 4.90 Å². The second kappa shape index (κ2) is 5.99. The maximum atomic E-state index is 12.5. The van der Waals surface area contributed by atoms with Crippen LogP contribution >= 0.6 is 0 Å². The molecule has 0 amide bonds. The third-order valence-electron chi connectivity index (χ3n) is 3.55. The summed E-state index contributed by atoms with van der Waals surface area (Å²) in [6.07, 6.45) is 0.966. The Morgan fingerprint density at radius 3 is 2.33 bits per heavy atom. The van der Waals surface area contributed by atoms with Gasteiger partial charge in [-0.15, -0.1) is 0 Å². The van der Waals surface area contributed by atoms with Crippen molar-refractivity contribution in [2.75, 3.05) is 0 Å². The number of H-pyrrole nitrogens is 1. The lowest BCUT2D eigenvalue weighted by atomic mass is 10.1. The topological polar surface area (TPSA) is 74.8 Å². The molecule has 0 aliphatic heterocycles. The summed E-state index contributed by atoms with van der Waals surface area (Å²) in [5.74, 6) is 0. The molecule has 5 nitrogen and oxygen atoms in total. The van der Waals surface area contributed by atoms with E-state index >= 15 is 0 Å². The highest BCUT2D eigenvalue weighted by Gasteiger charge is 2.24. The van der Waals surface area contributed by atoms with E-state index in [0.29, 0.717) is 11.4 Å². The van der Waals surface area contributed by atoms with E-state index in [9.17, 15) is 8.42 Å². The van der Waals surface area contributed by atoms with Crippen LogP contribution in [0.2, 0.25) is 0 Å². The van der Waals surface area contributed by atoms with Gasteiger partial charge in [0, 0.05) is 6.04 Å². The summed E-state index contributed by atoms with van der Waals surface area (Å²) < 4.78 is 27.6. The standard InChI is InChI=1S/C15H21N3O2S/c1-5-13-6-8-14(9-7-13)10(2)18-21(19,20)15-11(3)16-17-12(15)4/h6-10,18H,5H2,1-4H3,(H,16,17). The van der Waals surface area contributed by atoms with Gasteiger partial charge in [-0.2, -0.15) is 5.10 Å². The zero-order valence-electron chi connectivity index (χ0n) is 12.8. The normalized spacial score (nSPS) is 13.3. The predicted octanol–water partition coefficient (Wildman–Crippen LogP) is 2.63. The van der Waals surface area contributed by atoms with Gasteiger partial charge >= 0.3 is 0 Å². The third kappa shape index (κ3) is 3.33. The molecule has 21 heavy (non-hydrogen) atoms. The first-order valence-electron chi connectivity index (χ1n) is 6.98. The smallest absolute Gasteiger partial charge is 0.244 e. The van der Waals surface area contributed by atoms with Crippen molar-refractivity contribution in [3.05, 3.63) is 46.8 Å². The second-order valence-corrected chi connectivity index (χ2v) is 6.85. The first kappa shape index (κ1) is 15.7. The van der Waals surface area contributed by atoms with Crippen LogP contribution in [0.3, 0.4) is 0 Å². The van der Waals surface area contributed by atoms with E-state index in [1.54, 1.807) is 13.8 Å². The van der Waals surface area contributed by atoms with Crippen LogP contribution < -0.4 is 4.72 Å². The lowest BCUT2D eigenvalue weighted by molar-refractivity contribution is 0.566. The van der Waals surface area contributed by atoms with Crippen LogP contribution in [0.15, 0.2) is 29.2 Å². The Morgan fingerprint density at radius 1 is 1.24 bits per heavy atom. The van der Waals surface area contributed by atoms with Crippen molar-refractivity contribution >= 4 is 10.0 Å². The van der Waals surface area contributed by atoms with Gasteiger partial charge in [-0.1, -0.05) is 31.2 Å². The first-order chi connectivity index (χ1) is 9.85. The summed E-state index contributed by atoms with van der Waals surface area (Å²) in [6, 6.07) is 7.67. The molecule has 1 aromatic carbocycles. The summed E-state index contributed by atoms with van der Waals surface area (Å²) in [4.78, 5) is 0.236.